The Balaban J connectivity index is 1.01. The lowest BCUT2D eigenvalue weighted by molar-refractivity contribution is -0.131. The van der Waals surface area contributed by atoms with Crippen LogP contribution in [0.15, 0.2) is 60.7 Å². The molecular weight excluding hydrogens is 711 g/mol. The van der Waals surface area contributed by atoms with Crippen molar-refractivity contribution in [2.75, 3.05) is 40.4 Å². The fourth-order valence-electron chi connectivity index (χ4n) is 7.35. The molecular formula is C36H32Cl2N8O6. The largest absolute Gasteiger partial charge is 0.481 e. The van der Waals surface area contributed by atoms with Gasteiger partial charge in [-0.15, -0.1) is 0 Å². The number of likely N-dealkylation sites (tertiary alicyclic amines) is 2. The highest BCUT2D eigenvalue weighted by Crippen LogP contribution is 2.43. The van der Waals surface area contributed by atoms with E-state index >= 15 is 0 Å². The number of ether oxygens (including phenoxy) is 2. The Labute approximate surface area is 307 Å². The van der Waals surface area contributed by atoms with Gasteiger partial charge in [0, 0.05) is 72.6 Å². The number of pyridine rings is 2. The number of halogens is 2. The van der Waals surface area contributed by atoms with Gasteiger partial charge >= 0.3 is 12.1 Å². The quantitative estimate of drug-likeness (QED) is 0.186. The molecule has 14 nitrogen and oxygen atoms in total. The number of urea groups is 2. The summed E-state index contributed by atoms with van der Waals surface area (Å²) in [6.07, 6.45) is 0. The third kappa shape index (κ3) is 5.68. The van der Waals surface area contributed by atoms with E-state index < -0.39 is 23.1 Å². The van der Waals surface area contributed by atoms with Crippen molar-refractivity contribution < 1.29 is 28.7 Å². The highest BCUT2D eigenvalue weighted by molar-refractivity contribution is 6.39. The zero-order valence-corrected chi connectivity index (χ0v) is 29.5. The van der Waals surface area contributed by atoms with Crippen molar-refractivity contribution in [2.45, 2.75) is 24.2 Å². The van der Waals surface area contributed by atoms with Crippen LogP contribution in [0.1, 0.15) is 11.1 Å². The van der Waals surface area contributed by atoms with Crippen molar-refractivity contribution >= 4 is 47.1 Å². The average molecular weight is 744 g/mol. The summed E-state index contributed by atoms with van der Waals surface area (Å²) in [5.74, 6) is 0.228. The van der Waals surface area contributed by atoms with Crippen molar-refractivity contribution in [3.63, 3.8) is 0 Å². The van der Waals surface area contributed by atoms with Gasteiger partial charge in [-0.1, -0.05) is 71.7 Å². The number of aromatic nitrogens is 2. The molecule has 6 amide bonds. The van der Waals surface area contributed by atoms with Crippen molar-refractivity contribution in [1.29, 1.82) is 0 Å². The molecule has 4 aliphatic heterocycles. The first-order chi connectivity index (χ1) is 25.0. The molecule has 4 aliphatic rings. The number of hydrogen-bond donors (Lipinski definition) is 4. The van der Waals surface area contributed by atoms with E-state index in [1.54, 1.807) is 14.2 Å². The topological polar surface area (TPSA) is 167 Å². The van der Waals surface area contributed by atoms with Gasteiger partial charge in [-0.25, -0.2) is 19.6 Å². The van der Waals surface area contributed by atoms with Crippen LogP contribution in [-0.4, -0.2) is 95.1 Å². The van der Waals surface area contributed by atoms with Gasteiger partial charge in [-0.2, -0.15) is 0 Å². The first kappa shape index (κ1) is 33.8. The maximum Gasteiger partial charge on any atom is 0.322 e. The summed E-state index contributed by atoms with van der Waals surface area (Å²) in [4.78, 5) is 61.3. The molecule has 16 heteroatoms. The van der Waals surface area contributed by atoms with E-state index in [0.717, 1.165) is 11.1 Å². The van der Waals surface area contributed by atoms with Crippen molar-refractivity contribution in [3.05, 3.63) is 81.8 Å². The number of methoxy groups -OCH3 is 2. The molecule has 4 aromatic rings. The van der Waals surface area contributed by atoms with Crippen LogP contribution in [0.25, 0.3) is 33.6 Å². The highest BCUT2D eigenvalue weighted by Gasteiger charge is 2.55. The maximum atomic E-state index is 12.2. The Morgan fingerprint density at radius 1 is 0.615 bits per heavy atom. The number of benzene rings is 2. The molecule has 2 aromatic heterocycles. The zero-order chi connectivity index (χ0) is 36.4. The smallest absolute Gasteiger partial charge is 0.322 e. The van der Waals surface area contributed by atoms with Crippen LogP contribution in [0, 0.1) is 0 Å². The Bertz CT molecular complexity index is 2030. The minimum Gasteiger partial charge on any atom is -0.481 e. The number of nitrogens with zero attached hydrogens (tertiary/aromatic N) is 4. The van der Waals surface area contributed by atoms with E-state index in [2.05, 4.69) is 21.3 Å². The molecule has 0 saturated carbocycles. The van der Waals surface area contributed by atoms with E-state index in [1.165, 1.54) is 0 Å². The molecule has 6 heterocycles. The van der Waals surface area contributed by atoms with E-state index in [1.807, 2.05) is 70.5 Å². The molecule has 266 valence electrons. The van der Waals surface area contributed by atoms with E-state index in [4.69, 9.17) is 42.6 Å². The number of amides is 6. The number of nitrogens with one attached hydrogen (secondary N) is 4. The summed E-state index contributed by atoms with van der Waals surface area (Å²) in [7, 11) is 3.10. The number of imide groups is 2. The molecule has 52 heavy (non-hydrogen) atoms. The predicted molar refractivity (Wildman–Crippen MR) is 191 cm³/mol. The molecule has 0 radical (unpaired) electrons. The molecule has 4 fully saturated rings. The fraction of sp³-hybridized carbons (Fsp3) is 0.278. The standard InChI is InChI=1S/C36H32Cl2N8O6/c1-51-29-19(13-45-15-35(16-45)31(47)41-33(49)43-35)9-11-25(39-29)23-7-3-5-21(27(23)37)22-6-4-8-24(28(22)38)26-12-10-20(30(40-26)52-2)14-46-17-36(18-46)32(48)42-34(50)44-36/h3-12H,13-18H2,1-2H3,(H2,41,43,47,49)(H2,42,44,48,50). The van der Waals surface area contributed by atoms with Crippen LogP contribution in [0.2, 0.25) is 10.0 Å². The summed E-state index contributed by atoms with van der Waals surface area (Å²) in [6, 6.07) is 18.0. The van der Waals surface area contributed by atoms with Gasteiger partial charge in [0.2, 0.25) is 11.8 Å². The van der Waals surface area contributed by atoms with Crippen LogP contribution in [-0.2, 0) is 22.7 Å². The number of hydrogen-bond acceptors (Lipinski definition) is 10. The lowest BCUT2D eigenvalue weighted by atomic mass is 9.89. The summed E-state index contributed by atoms with van der Waals surface area (Å²) < 4.78 is 11.3. The van der Waals surface area contributed by atoms with E-state index in [-0.39, 0.29) is 11.8 Å². The van der Waals surface area contributed by atoms with Crippen LogP contribution < -0.4 is 30.7 Å². The Hall–Kier alpha value is -5.28. The van der Waals surface area contributed by atoms with Gasteiger partial charge < -0.3 is 20.1 Å². The summed E-state index contributed by atoms with van der Waals surface area (Å²) in [6.45, 7) is 2.51. The fourth-order valence-corrected chi connectivity index (χ4v) is 8.00. The lowest BCUT2D eigenvalue weighted by Crippen LogP contribution is -2.70. The van der Waals surface area contributed by atoms with Gasteiger partial charge in [-0.3, -0.25) is 30.0 Å². The van der Waals surface area contributed by atoms with Crippen LogP contribution in [0.3, 0.4) is 0 Å². The summed E-state index contributed by atoms with van der Waals surface area (Å²) in [5, 5.41) is 10.9. The lowest BCUT2D eigenvalue weighted by Gasteiger charge is -2.45. The summed E-state index contributed by atoms with van der Waals surface area (Å²) >= 11 is 14.2. The Kier molecular flexibility index (Phi) is 8.29. The van der Waals surface area contributed by atoms with E-state index in [0.29, 0.717) is 94.7 Å². The maximum absolute atomic E-state index is 12.2. The molecule has 4 saturated heterocycles. The Morgan fingerprint density at radius 3 is 1.35 bits per heavy atom. The monoisotopic (exact) mass is 742 g/mol. The minimum absolute atomic E-state index is 0.310. The number of rotatable bonds is 9. The van der Waals surface area contributed by atoms with Crippen LogP contribution >= 0.6 is 23.2 Å². The molecule has 0 aliphatic carbocycles. The molecule has 2 spiro atoms. The third-order valence-corrected chi connectivity index (χ3v) is 10.7. The molecule has 0 unspecified atom stereocenters. The van der Waals surface area contributed by atoms with Gasteiger partial charge in [0.25, 0.3) is 11.8 Å². The van der Waals surface area contributed by atoms with Crippen LogP contribution in [0.5, 0.6) is 11.8 Å². The number of carbonyl (C=O) groups excluding carboxylic acids is 4. The molecule has 4 N–H and O–H groups in total. The van der Waals surface area contributed by atoms with Gasteiger partial charge in [0.1, 0.15) is 11.1 Å². The normalized spacial score (nSPS) is 18.8. The second-order valence-electron chi connectivity index (χ2n) is 13.3. The van der Waals surface area contributed by atoms with E-state index in [9.17, 15) is 19.2 Å². The van der Waals surface area contributed by atoms with Gasteiger partial charge in [-0.05, 0) is 12.1 Å². The molecule has 2 aromatic carbocycles. The molecule has 8 rings (SSSR count). The van der Waals surface area contributed by atoms with Crippen molar-refractivity contribution in [3.8, 4) is 45.4 Å². The van der Waals surface area contributed by atoms with Crippen molar-refractivity contribution in [2.24, 2.45) is 0 Å². The zero-order valence-electron chi connectivity index (χ0n) is 28.0. The first-order valence-corrected chi connectivity index (χ1v) is 17.1. The van der Waals surface area contributed by atoms with Crippen LogP contribution in [0.4, 0.5) is 9.59 Å². The SMILES string of the molecule is COc1nc(-c2cccc(-c3cccc(-c4ccc(CN5CC6(C5)NC(=O)NC6=O)c(OC)n4)c3Cl)c2Cl)ccc1CN1CC2(C1)NC(=O)NC2=O. The summed E-state index contributed by atoms with van der Waals surface area (Å²) in [5.41, 5.74) is 3.88. The van der Waals surface area contributed by atoms with Gasteiger partial charge in [0.15, 0.2) is 0 Å². The Morgan fingerprint density at radius 2 is 1.00 bits per heavy atom. The third-order valence-electron chi connectivity index (χ3n) is 9.90. The molecule has 0 bridgehead atoms. The first-order valence-electron chi connectivity index (χ1n) is 16.4. The number of carbonyl (C=O) groups is 4. The minimum atomic E-state index is -0.882. The second-order valence-corrected chi connectivity index (χ2v) is 14.1. The predicted octanol–water partition coefficient (Wildman–Crippen LogP) is 3.59. The molecule has 0 atom stereocenters. The highest BCUT2D eigenvalue weighted by atomic mass is 35.5. The van der Waals surface area contributed by atoms with Gasteiger partial charge in [0.05, 0.1) is 35.7 Å². The second kappa shape index (κ2) is 12.7. The van der Waals surface area contributed by atoms with Crippen molar-refractivity contribution in [1.82, 2.24) is 41.0 Å². The average Bonchev–Trinajstić information content (AvgIpc) is 3.57.